The van der Waals surface area contributed by atoms with E-state index < -0.39 is 0 Å². The highest BCUT2D eigenvalue weighted by atomic mass is 16.5. The predicted octanol–water partition coefficient (Wildman–Crippen LogP) is 2.61. The Morgan fingerprint density at radius 3 is 2.55 bits per heavy atom. The molecular formula is C16H32N2O2. The molecule has 1 amide bonds. The standard InChI is InChI=1S/C16H32N2O2/c1-4-6-13(3)18-15(19)11-20-16(12-17)9-7-14(5-2)8-10-16/h13-14H,4-12,17H2,1-3H3,(H,18,19). The lowest BCUT2D eigenvalue weighted by atomic mass is 9.77. The first-order chi connectivity index (χ1) is 9.55. The summed E-state index contributed by atoms with van der Waals surface area (Å²) in [5.41, 5.74) is 5.64. The Balaban J connectivity index is 2.36. The lowest BCUT2D eigenvalue weighted by Gasteiger charge is -2.39. The van der Waals surface area contributed by atoms with E-state index in [1.165, 1.54) is 19.3 Å². The van der Waals surface area contributed by atoms with Crippen LogP contribution in [-0.4, -0.2) is 30.7 Å². The molecule has 1 rings (SSSR count). The third-order valence-corrected chi connectivity index (χ3v) is 4.60. The highest BCUT2D eigenvalue weighted by molar-refractivity contribution is 5.77. The molecule has 1 fully saturated rings. The first-order valence-electron chi connectivity index (χ1n) is 8.18. The number of carbonyl (C=O) groups excluding carboxylic acids is 1. The van der Waals surface area contributed by atoms with E-state index in [0.29, 0.717) is 6.54 Å². The topological polar surface area (TPSA) is 64.3 Å². The van der Waals surface area contributed by atoms with Gasteiger partial charge >= 0.3 is 0 Å². The first-order valence-corrected chi connectivity index (χ1v) is 8.18. The van der Waals surface area contributed by atoms with Gasteiger partial charge in [-0.2, -0.15) is 0 Å². The van der Waals surface area contributed by atoms with Crippen LogP contribution in [0.2, 0.25) is 0 Å². The molecule has 0 aromatic rings. The summed E-state index contributed by atoms with van der Waals surface area (Å²) in [6, 6.07) is 0.223. The van der Waals surface area contributed by atoms with Crippen molar-refractivity contribution in [2.75, 3.05) is 13.2 Å². The van der Waals surface area contributed by atoms with Crippen molar-refractivity contribution in [2.45, 2.75) is 77.4 Å². The minimum absolute atomic E-state index is 0.0172. The molecule has 0 bridgehead atoms. The van der Waals surface area contributed by atoms with Crippen molar-refractivity contribution in [1.29, 1.82) is 0 Å². The largest absolute Gasteiger partial charge is 0.364 e. The summed E-state index contributed by atoms with van der Waals surface area (Å²) in [4.78, 5) is 11.9. The minimum atomic E-state index is -0.267. The van der Waals surface area contributed by atoms with Gasteiger partial charge in [0.1, 0.15) is 6.61 Å². The van der Waals surface area contributed by atoms with Crippen LogP contribution in [0.25, 0.3) is 0 Å². The quantitative estimate of drug-likeness (QED) is 0.720. The fraction of sp³-hybridized carbons (Fsp3) is 0.938. The van der Waals surface area contributed by atoms with Gasteiger partial charge in [0.25, 0.3) is 0 Å². The van der Waals surface area contributed by atoms with Crippen molar-refractivity contribution < 1.29 is 9.53 Å². The molecule has 1 aliphatic carbocycles. The molecule has 1 aliphatic rings. The summed E-state index contributed by atoms with van der Waals surface area (Å²) in [5, 5.41) is 2.98. The Labute approximate surface area is 123 Å². The van der Waals surface area contributed by atoms with Gasteiger partial charge in [-0.1, -0.05) is 26.7 Å². The number of hydrogen-bond acceptors (Lipinski definition) is 3. The average Bonchev–Trinajstić information content (AvgIpc) is 2.46. The molecule has 0 saturated heterocycles. The highest BCUT2D eigenvalue weighted by Crippen LogP contribution is 2.35. The Bertz CT molecular complexity index is 286. The van der Waals surface area contributed by atoms with Crippen molar-refractivity contribution in [3.63, 3.8) is 0 Å². The predicted molar refractivity (Wildman–Crippen MR) is 82.5 cm³/mol. The summed E-state index contributed by atoms with van der Waals surface area (Å²) in [6.45, 7) is 7.05. The van der Waals surface area contributed by atoms with Crippen LogP contribution in [0.4, 0.5) is 0 Å². The first kappa shape index (κ1) is 17.4. The second kappa shape index (κ2) is 8.63. The lowest BCUT2D eigenvalue weighted by Crippen LogP contribution is -2.46. The van der Waals surface area contributed by atoms with Crippen LogP contribution >= 0.6 is 0 Å². The van der Waals surface area contributed by atoms with Crippen molar-refractivity contribution in [3.05, 3.63) is 0 Å². The molecule has 0 aliphatic heterocycles. The van der Waals surface area contributed by atoms with Gasteiger partial charge in [0.05, 0.1) is 5.60 Å². The Morgan fingerprint density at radius 1 is 1.40 bits per heavy atom. The fourth-order valence-corrected chi connectivity index (χ4v) is 3.06. The maximum atomic E-state index is 11.9. The Kier molecular flexibility index (Phi) is 7.52. The van der Waals surface area contributed by atoms with Crippen LogP contribution in [0, 0.1) is 5.92 Å². The molecule has 4 heteroatoms. The van der Waals surface area contributed by atoms with Gasteiger partial charge in [0.2, 0.25) is 5.91 Å². The molecule has 0 aromatic heterocycles. The third kappa shape index (κ3) is 5.41. The zero-order valence-corrected chi connectivity index (χ0v) is 13.4. The average molecular weight is 284 g/mol. The van der Waals surface area contributed by atoms with Crippen LogP contribution in [0.1, 0.15) is 65.7 Å². The van der Waals surface area contributed by atoms with Crippen molar-refractivity contribution >= 4 is 5.91 Å². The monoisotopic (exact) mass is 284 g/mol. The molecule has 1 unspecified atom stereocenters. The van der Waals surface area contributed by atoms with Gasteiger partial charge in [-0.05, 0) is 44.9 Å². The van der Waals surface area contributed by atoms with E-state index >= 15 is 0 Å². The maximum Gasteiger partial charge on any atom is 0.246 e. The van der Waals surface area contributed by atoms with Crippen molar-refractivity contribution in [3.8, 4) is 0 Å². The van der Waals surface area contributed by atoms with Gasteiger partial charge in [-0.25, -0.2) is 0 Å². The minimum Gasteiger partial charge on any atom is -0.364 e. The molecule has 1 atom stereocenters. The van der Waals surface area contributed by atoms with Crippen molar-refractivity contribution in [2.24, 2.45) is 11.7 Å². The molecule has 0 spiro atoms. The number of rotatable bonds is 8. The summed E-state index contributed by atoms with van der Waals surface area (Å²) in [6.07, 6.45) is 7.62. The number of nitrogens with one attached hydrogen (secondary N) is 1. The van der Waals surface area contributed by atoms with Gasteiger partial charge in [0.15, 0.2) is 0 Å². The molecule has 0 heterocycles. The number of nitrogens with two attached hydrogens (primary N) is 1. The van der Waals surface area contributed by atoms with Gasteiger partial charge < -0.3 is 15.8 Å². The van der Waals surface area contributed by atoms with E-state index in [4.69, 9.17) is 10.5 Å². The molecule has 3 N–H and O–H groups in total. The SMILES string of the molecule is CCCC(C)NC(=O)COC1(CN)CCC(CC)CC1. The van der Waals surface area contributed by atoms with Crippen LogP contribution in [-0.2, 0) is 9.53 Å². The molecule has 0 radical (unpaired) electrons. The van der Waals surface area contributed by atoms with E-state index in [1.54, 1.807) is 0 Å². The third-order valence-electron chi connectivity index (χ3n) is 4.60. The summed E-state index contributed by atoms with van der Waals surface area (Å²) < 4.78 is 5.92. The van der Waals surface area contributed by atoms with Gasteiger partial charge in [-0.3, -0.25) is 4.79 Å². The maximum absolute atomic E-state index is 11.9. The Morgan fingerprint density at radius 2 is 2.05 bits per heavy atom. The van der Waals surface area contributed by atoms with Gasteiger partial charge in [0, 0.05) is 12.6 Å². The fourth-order valence-electron chi connectivity index (χ4n) is 3.06. The number of hydrogen-bond donors (Lipinski definition) is 2. The normalized spacial score (nSPS) is 28.1. The molecular weight excluding hydrogens is 252 g/mol. The zero-order valence-electron chi connectivity index (χ0n) is 13.4. The second-order valence-corrected chi connectivity index (χ2v) is 6.28. The van der Waals surface area contributed by atoms with Crippen LogP contribution in [0.15, 0.2) is 0 Å². The number of amides is 1. The molecule has 118 valence electrons. The highest BCUT2D eigenvalue weighted by Gasteiger charge is 2.35. The van der Waals surface area contributed by atoms with Crippen LogP contribution in [0.3, 0.4) is 0 Å². The molecule has 1 saturated carbocycles. The smallest absolute Gasteiger partial charge is 0.246 e. The molecule has 4 nitrogen and oxygen atoms in total. The summed E-state index contributed by atoms with van der Waals surface area (Å²) in [7, 11) is 0. The Hall–Kier alpha value is -0.610. The number of carbonyl (C=O) groups is 1. The van der Waals surface area contributed by atoms with E-state index in [-0.39, 0.29) is 24.2 Å². The van der Waals surface area contributed by atoms with E-state index in [0.717, 1.165) is 31.6 Å². The summed E-state index contributed by atoms with van der Waals surface area (Å²) in [5.74, 6) is 0.785. The zero-order chi connectivity index (χ0) is 15.0. The van der Waals surface area contributed by atoms with Crippen molar-refractivity contribution in [1.82, 2.24) is 5.32 Å². The van der Waals surface area contributed by atoms with Gasteiger partial charge in [-0.15, -0.1) is 0 Å². The van der Waals surface area contributed by atoms with E-state index in [9.17, 15) is 4.79 Å². The van der Waals surface area contributed by atoms with Crippen LogP contribution < -0.4 is 11.1 Å². The molecule has 0 aromatic carbocycles. The summed E-state index contributed by atoms with van der Waals surface area (Å²) >= 11 is 0. The van der Waals surface area contributed by atoms with E-state index in [1.807, 2.05) is 6.92 Å². The second-order valence-electron chi connectivity index (χ2n) is 6.28. The number of ether oxygens (including phenoxy) is 1. The molecule has 20 heavy (non-hydrogen) atoms. The van der Waals surface area contributed by atoms with Crippen LogP contribution in [0.5, 0.6) is 0 Å². The lowest BCUT2D eigenvalue weighted by molar-refractivity contribution is -0.136. The van der Waals surface area contributed by atoms with E-state index in [2.05, 4.69) is 19.2 Å².